The molecule has 0 saturated carbocycles. The van der Waals surface area contributed by atoms with E-state index < -0.39 is 12.0 Å². The summed E-state index contributed by atoms with van der Waals surface area (Å²) in [4.78, 5) is 13.7. The van der Waals surface area contributed by atoms with Crippen molar-refractivity contribution in [3.05, 3.63) is 0 Å². The zero-order chi connectivity index (χ0) is 16.3. The lowest BCUT2D eigenvalue weighted by molar-refractivity contribution is -0.139. The molecule has 0 aliphatic rings. The van der Waals surface area contributed by atoms with Gasteiger partial charge in [-0.25, -0.2) is 0 Å². The first kappa shape index (κ1) is 20.4. The monoisotopic (exact) mass is 300 g/mol. The van der Waals surface area contributed by atoms with E-state index in [2.05, 4.69) is 44.8 Å². The molecule has 0 spiro atoms. The third-order valence-electron chi connectivity index (χ3n) is 3.72. The molecule has 0 amide bonds. The minimum atomic E-state index is -0.726. The van der Waals surface area contributed by atoms with Crippen LogP contribution in [-0.4, -0.2) is 48.2 Å². The van der Waals surface area contributed by atoms with E-state index in [0.29, 0.717) is 18.3 Å². The zero-order valence-electron chi connectivity index (χ0n) is 14.7. The zero-order valence-corrected chi connectivity index (χ0v) is 14.7. The summed E-state index contributed by atoms with van der Waals surface area (Å²) >= 11 is 0. The van der Waals surface area contributed by atoms with Crippen LogP contribution in [0.25, 0.3) is 0 Å². The van der Waals surface area contributed by atoms with Crippen molar-refractivity contribution in [2.45, 2.75) is 66.3 Å². The molecule has 0 aromatic carbocycles. The maximum Gasteiger partial charge on any atom is 0.320 e. The van der Waals surface area contributed by atoms with Gasteiger partial charge in [-0.2, -0.15) is 0 Å². The lowest BCUT2D eigenvalue weighted by Crippen LogP contribution is -2.40. The smallest absolute Gasteiger partial charge is 0.320 e. The van der Waals surface area contributed by atoms with Crippen LogP contribution in [0.5, 0.6) is 0 Å². The number of carboxylic acid groups (broad SMARTS) is 1. The van der Waals surface area contributed by atoms with Crippen LogP contribution in [0.2, 0.25) is 0 Å². The molecule has 0 bridgehead atoms. The van der Waals surface area contributed by atoms with Gasteiger partial charge in [0, 0.05) is 6.54 Å². The highest BCUT2D eigenvalue weighted by atomic mass is 16.4. The fraction of sp³-hybridized carbons (Fsp3) is 0.941. The predicted molar refractivity (Wildman–Crippen MR) is 89.7 cm³/mol. The first-order chi connectivity index (χ1) is 9.86. The third kappa shape index (κ3) is 11.7. The Morgan fingerprint density at radius 1 is 1.00 bits per heavy atom. The van der Waals surface area contributed by atoms with Gasteiger partial charge in [0.25, 0.3) is 0 Å². The molecule has 0 aromatic rings. The Kier molecular flexibility index (Phi) is 11.6. The Hall–Kier alpha value is -0.610. The van der Waals surface area contributed by atoms with Crippen molar-refractivity contribution in [1.29, 1.82) is 0 Å². The van der Waals surface area contributed by atoms with Crippen molar-refractivity contribution in [1.82, 2.24) is 10.2 Å². The maximum atomic E-state index is 11.3. The fourth-order valence-corrected chi connectivity index (χ4v) is 2.16. The van der Waals surface area contributed by atoms with Crippen molar-refractivity contribution in [2.75, 3.05) is 26.2 Å². The summed E-state index contributed by atoms with van der Waals surface area (Å²) in [6.45, 7) is 14.8. The molecule has 0 aliphatic heterocycles. The van der Waals surface area contributed by atoms with E-state index in [-0.39, 0.29) is 0 Å². The molecule has 21 heavy (non-hydrogen) atoms. The molecule has 0 aromatic heterocycles. The quantitative estimate of drug-likeness (QED) is 0.548. The van der Waals surface area contributed by atoms with Crippen molar-refractivity contribution in [3.8, 4) is 0 Å². The molecule has 0 aliphatic carbocycles. The predicted octanol–water partition coefficient (Wildman–Crippen LogP) is 3.22. The Bertz CT molecular complexity index is 256. The second-order valence-corrected chi connectivity index (χ2v) is 6.84. The van der Waals surface area contributed by atoms with E-state index in [9.17, 15) is 9.90 Å². The number of carbonyl (C=O) groups is 1. The number of nitrogens with one attached hydrogen (secondary N) is 1. The molecular formula is C17H36N2O2. The normalized spacial score (nSPS) is 13.3. The summed E-state index contributed by atoms with van der Waals surface area (Å²) in [5, 5.41) is 12.4. The van der Waals surface area contributed by atoms with Crippen LogP contribution in [0, 0.1) is 11.8 Å². The largest absolute Gasteiger partial charge is 0.480 e. The minimum Gasteiger partial charge on any atom is -0.480 e. The Balaban J connectivity index is 4.30. The topological polar surface area (TPSA) is 52.6 Å². The van der Waals surface area contributed by atoms with Crippen LogP contribution in [0.1, 0.15) is 60.3 Å². The van der Waals surface area contributed by atoms with Gasteiger partial charge in [-0.15, -0.1) is 0 Å². The number of hydrogen-bond acceptors (Lipinski definition) is 3. The van der Waals surface area contributed by atoms with Gasteiger partial charge in [0.15, 0.2) is 0 Å². The second kappa shape index (κ2) is 12.0. The van der Waals surface area contributed by atoms with E-state index in [0.717, 1.165) is 32.6 Å². The lowest BCUT2D eigenvalue weighted by Gasteiger charge is -2.25. The van der Waals surface area contributed by atoms with Gasteiger partial charge in [0.2, 0.25) is 0 Å². The van der Waals surface area contributed by atoms with Gasteiger partial charge >= 0.3 is 5.97 Å². The van der Waals surface area contributed by atoms with E-state index in [1.54, 1.807) is 0 Å². The number of aliphatic carboxylic acids is 1. The van der Waals surface area contributed by atoms with Crippen molar-refractivity contribution in [2.24, 2.45) is 11.8 Å². The molecule has 4 heteroatoms. The molecular weight excluding hydrogens is 264 g/mol. The average Bonchev–Trinajstić information content (AvgIpc) is 2.39. The number of nitrogens with zero attached hydrogens (tertiary/aromatic N) is 1. The first-order valence-electron chi connectivity index (χ1n) is 8.55. The van der Waals surface area contributed by atoms with Crippen LogP contribution >= 0.6 is 0 Å². The van der Waals surface area contributed by atoms with Crippen LogP contribution in [0.4, 0.5) is 0 Å². The molecule has 4 nitrogen and oxygen atoms in total. The summed E-state index contributed by atoms with van der Waals surface area (Å²) in [6, 6.07) is -0.412. The summed E-state index contributed by atoms with van der Waals surface area (Å²) in [5.74, 6) is 0.663. The Morgan fingerprint density at radius 3 is 1.86 bits per heavy atom. The van der Waals surface area contributed by atoms with E-state index in [1.165, 1.54) is 12.8 Å². The number of carboxylic acids is 1. The third-order valence-corrected chi connectivity index (χ3v) is 3.72. The molecule has 126 valence electrons. The van der Waals surface area contributed by atoms with E-state index >= 15 is 0 Å². The summed E-state index contributed by atoms with van der Waals surface area (Å²) in [7, 11) is 0. The minimum absolute atomic E-state index is 0.412. The summed E-state index contributed by atoms with van der Waals surface area (Å²) in [6.07, 6.45) is 4.01. The maximum absolute atomic E-state index is 11.3. The molecule has 0 fully saturated rings. The average molecular weight is 300 g/mol. The first-order valence-corrected chi connectivity index (χ1v) is 8.55. The van der Waals surface area contributed by atoms with Gasteiger partial charge in [0.1, 0.15) is 6.04 Å². The Morgan fingerprint density at radius 2 is 1.48 bits per heavy atom. The van der Waals surface area contributed by atoms with Crippen molar-refractivity contribution in [3.63, 3.8) is 0 Å². The van der Waals surface area contributed by atoms with Gasteiger partial charge in [-0.05, 0) is 57.2 Å². The standard InChI is InChI=1S/C17H36N2O2/c1-6-10-18-16(17(20)21)9-13-19(11-7-14(2)3)12-8-15(4)5/h14-16,18H,6-13H2,1-5H3,(H,20,21). The molecule has 0 rings (SSSR count). The van der Waals surface area contributed by atoms with Gasteiger partial charge < -0.3 is 15.3 Å². The summed E-state index contributed by atoms with van der Waals surface area (Å²) in [5.41, 5.74) is 0. The van der Waals surface area contributed by atoms with Crippen LogP contribution in [0.15, 0.2) is 0 Å². The second-order valence-electron chi connectivity index (χ2n) is 6.84. The molecule has 1 unspecified atom stereocenters. The van der Waals surface area contributed by atoms with Crippen molar-refractivity contribution >= 4 is 5.97 Å². The molecule has 0 radical (unpaired) electrons. The number of rotatable bonds is 13. The molecule has 1 atom stereocenters. The van der Waals surface area contributed by atoms with Gasteiger partial charge in [-0.3, -0.25) is 4.79 Å². The molecule has 0 heterocycles. The van der Waals surface area contributed by atoms with E-state index in [1.807, 2.05) is 0 Å². The highest BCUT2D eigenvalue weighted by Crippen LogP contribution is 2.08. The van der Waals surface area contributed by atoms with Crippen LogP contribution < -0.4 is 5.32 Å². The highest BCUT2D eigenvalue weighted by Gasteiger charge is 2.18. The van der Waals surface area contributed by atoms with Crippen molar-refractivity contribution < 1.29 is 9.90 Å². The highest BCUT2D eigenvalue weighted by molar-refractivity contribution is 5.73. The molecule has 2 N–H and O–H groups in total. The fourth-order valence-electron chi connectivity index (χ4n) is 2.16. The lowest BCUT2D eigenvalue weighted by atomic mass is 10.1. The summed E-state index contributed by atoms with van der Waals surface area (Å²) < 4.78 is 0. The number of hydrogen-bond donors (Lipinski definition) is 2. The molecule has 0 saturated heterocycles. The van der Waals surface area contributed by atoms with Gasteiger partial charge in [-0.1, -0.05) is 34.6 Å². The SMILES string of the molecule is CCCNC(CCN(CCC(C)C)CCC(C)C)C(=O)O. The van der Waals surface area contributed by atoms with Crippen LogP contribution in [-0.2, 0) is 4.79 Å². The Labute approximate surface area is 131 Å². The van der Waals surface area contributed by atoms with Gasteiger partial charge in [0.05, 0.1) is 0 Å². The van der Waals surface area contributed by atoms with Crippen LogP contribution in [0.3, 0.4) is 0 Å². The van der Waals surface area contributed by atoms with E-state index in [4.69, 9.17) is 0 Å².